The summed E-state index contributed by atoms with van der Waals surface area (Å²) in [7, 11) is 0. The highest BCUT2D eigenvalue weighted by Gasteiger charge is 2.82. The van der Waals surface area contributed by atoms with Crippen molar-refractivity contribution >= 4 is 0 Å². The van der Waals surface area contributed by atoms with Gasteiger partial charge < -0.3 is 14.9 Å². The van der Waals surface area contributed by atoms with Crippen molar-refractivity contribution in [3.8, 4) is 5.75 Å². The minimum absolute atomic E-state index is 0.105. The standard InChI is InChI=1S/C25H24F4N4O3/c26-17-3-6-19(20(27)9-17)24(35,13-33-15-30-31-32-33)25(28,29)22-10-21(11-22,12-22)16-1-4-18(5-2-16)36-14-23(34)7-8-23/h1-6,9,15,34-35H,7-8,10-14H2/t21?,22?,24-/m0/s1. The summed E-state index contributed by atoms with van der Waals surface area (Å²) in [5.74, 6) is -5.38. The molecular formula is C25H24F4N4O3. The second-order valence-electron chi connectivity index (χ2n) is 10.7. The van der Waals surface area contributed by atoms with Crippen molar-refractivity contribution in [3.05, 3.63) is 71.6 Å². The average molecular weight is 504 g/mol. The molecule has 4 fully saturated rings. The maximum absolute atomic E-state index is 16.2. The van der Waals surface area contributed by atoms with Gasteiger partial charge in [0.15, 0.2) is 5.60 Å². The largest absolute Gasteiger partial charge is 0.491 e. The van der Waals surface area contributed by atoms with Gasteiger partial charge in [-0.15, -0.1) is 5.10 Å². The first-order chi connectivity index (χ1) is 17.0. The molecule has 0 radical (unpaired) electrons. The minimum Gasteiger partial charge on any atom is -0.491 e. The van der Waals surface area contributed by atoms with E-state index in [0.29, 0.717) is 24.7 Å². The number of hydrogen-bond acceptors (Lipinski definition) is 6. The van der Waals surface area contributed by atoms with Gasteiger partial charge in [0.1, 0.15) is 30.3 Å². The van der Waals surface area contributed by atoms with E-state index in [4.69, 9.17) is 4.74 Å². The van der Waals surface area contributed by atoms with Gasteiger partial charge in [0.25, 0.3) is 5.92 Å². The number of tetrazole rings is 1. The molecule has 1 aromatic heterocycles. The van der Waals surface area contributed by atoms with Gasteiger partial charge in [-0.05, 0) is 77.8 Å². The molecule has 0 spiro atoms. The van der Waals surface area contributed by atoms with E-state index in [1.165, 1.54) is 0 Å². The van der Waals surface area contributed by atoms with Crippen molar-refractivity contribution in [2.45, 2.75) is 61.2 Å². The van der Waals surface area contributed by atoms with Crippen LogP contribution in [-0.2, 0) is 17.6 Å². The maximum atomic E-state index is 16.2. The minimum atomic E-state index is -3.77. The first-order valence-corrected chi connectivity index (χ1v) is 11.7. The lowest BCUT2D eigenvalue weighted by Gasteiger charge is -2.74. The lowest BCUT2D eigenvalue weighted by atomic mass is 9.30. The van der Waals surface area contributed by atoms with Crippen molar-refractivity contribution in [1.82, 2.24) is 20.2 Å². The molecule has 36 heavy (non-hydrogen) atoms. The highest BCUT2D eigenvalue weighted by molar-refractivity contribution is 5.44. The van der Waals surface area contributed by atoms with Crippen molar-refractivity contribution in [2.75, 3.05) is 6.61 Å². The molecule has 7 nitrogen and oxygen atoms in total. The third kappa shape index (κ3) is 3.36. The number of hydrogen-bond donors (Lipinski definition) is 2. The smallest absolute Gasteiger partial charge is 0.287 e. The Morgan fingerprint density at radius 3 is 2.31 bits per heavy atom. The normalized spacial score (nSPS) is 27.5. The molecule has 1 atom stereocenters. The Labute approximate surface area is 203 Å². The van der Waals surface area contributed by atoms with E-state index in [1.54, 1.807) is 12.1 Å². The molecule has 2 aromatic carbocycles. The van der Waals surface area contributed by atoms with E-state index < -0.39 is 51.7 Å². The van der Waals surface area contributed by atoms with Crippen molar-refractivity contribution < 1.29 is 32.5 Å². The van der Waals surface area contributed by atoms with Crippen LogP contribution < -0.4 is 4.74 Å². The van der Waals surface area contributed by atoms with E-state index in [2.05, 4.69) is 15.5 Å². The summed E-state index contributed by atoms with van der Waals surface area (Å²) in [5, 5.41) is 31.7. The zero-order valence-corrected chi connectivity index (χ0v) is 19.2. The highest BCUT2D eigenvalue weighted by Crippen LogP contribution is 2.80. The molecule has 11 heteroatoms. The van der Waals surface area contributed by atoms with Crippen molar-refractivity contribution in [2.24, 2.45) is 5.41 Å². The number of aromatic nitrogens is 4. The third-order valence-electron chi connectivity index (χ3n) is 8.18. The number of benzene rings is 2. The molecule has 1 heterocycles. The molecule has 4 aliphatic carbocycles. The Balaban J connectivity index is 1.24. The first-order valence-electron chi connectivity index (χ1n) is 11.7. The summed E-state index contributed by atoms with van der Waals surface area (Å²) in [6, 6.07) is 9.35. The van der Waals surface area contributed by atoms with E-state index in [-0.39, 0.29) is 25.9 Å². The average Bonchev–Trinajstić information content (AvgIpc) is 3.28. The van der Waals surface area contributed by atoms with Gasteiger partial charge in [0.2, 0.25) is 0 Å². The molecule has 0 aliphatic heterocycles. The second-order valence-corrected chi connectivity index (χ2v) is 10.7. The fourth-order valence-electron chi connectivity index (χ4n) is 5.94. The summed E-state index contributed by atoms with van der Waals surface area (Å²) in [6.07, 6.45) is 2.80. The molecular weight excluding hydrogens is 480 g/mol. The Morgan fingerprint density at radius 2 is 1.72 bits per heavy atom. The quantitative estimate of drug-likeness (QED) is 0.434. The van der Waals surface area contributed by atoms with Crippen LogP contribution in [0.1, 0.15) is 43.2 Å². The van der Waals surface area contributed by atoms with E-state index in [9.17, 15) is 19.0 Å². The molecule has 0 amide bonds. The Bertz CT molecular complexity index is 1280. The molecule has 2 N–H and O–H groups in total. The van der Waals surface area contributed by atoms with E-state index >= 15 is 8.78 Å². The molecule has 4 saturated carbocycles. The van der Waals surface area contributed by atoms with E-state index in [1.807, 2.05) is 12.1 Å². The van der Waals surface area contributed by atoms with Crippen LogP contribution in [0.5, 0.6) is 5.75 Å². The summed E-state index contributed by atoms with van der Waals surface area (Å²) >= 11 is 0. The topological polar surface area (TPSA) is 93.3 Å². The lowest BCUT2D eigenvalue weighted by molar-refractivity contribution is -0.347. The SMILES string of the molecule is OC1(COc2ccc(C34CC(C(F)(F)[C@](O)(Cn5cnnn5)c5ccc(F)cc5F)(C3)C4)cc2)CC1. The predicted octanol–water partition coefficient (Wildman–Crippen LogP) is 3.50. The summed E-state index contributed by atoms with van der Waals surface area (Å²) in [6.45, 7) is -0.588. The van der Waals surface area contributed by atoms with Gasteiger partial charge in [-0.1, -0.05) is 12.1 Å². The fourth-order valence-corrected chi connectivity index (χ4v) is 5.94. The maximum Gasteiger partial charge on any atom is 0.287 e. The molecule has 4 aliphatic rings. The van der Waals surface area contributed by atoms with Crippen LogP contribution in [0.3, 0.4) is 0 Å². The number of alkyl halides is 2. The van der Waals surface area contributed by atoms with Gasteiger partial charge in [0, 0.05) is 17.0 Å². The van der Waals surface area contributed by atoms with Crippen molar-refractivity contribution in [3.63, 3.8) is 0 Å². The van der Waals surface area contributed by atoms with Gasteiger partial charge in [0.05, 0.1) is 12.1 Å². The van der Waals surface area contributed by atoms with Crippen LogP contribution in [0.4, 0.5) is 17.6 Å². The summed E-state index contributed by atoms with van der Waals surface area (Å²) < 4.78 is 67.3. The Kier molecular flexibility index (Phi) is 4.85. The molecule has 0 unspecified atom stereocenters. The van der Waals surface area contributed by atoms with Gasteiger partial charge in [-0.25, -0.2) is 22.2 Å². The van der Waals surface area contributed by atoms with Gasteiger partial charge in [-0.3, -0.25) is 0 Å². The number of nitrogens with zero attached hydrogens (tertiary/aromatic N) is 4. The lowest BCUT2D eigenvalue weighted by Crippen LogP contribution is -2.76. The molecule has 2 bridgehead atoms. The van der Waals surface area contributed by atoms with Crippen LogP contribution in [0.25, 0.3) is 0 Å². The number of aliphatic hydroxyl groups is 2. The summed E-state index contributed by atoms with van der Waals surface area (Å²) in [5.41, 5.74) is -5.59. The number of rotatable bonds is 9. The second kappa shape index (κ2) is 7.48. The third-order valence-corrected chi connectivity index (χ3v) is 8.18. The van der Waals surface area contributed by atoms with E-state index in [0.717, 1.165) is 28.7 Å². The highest BCUT2D eigenvalue weighted by atomic mass is 19.3. The van der Waals surface area contributed by atoms with Crippen LogP contribution in [0.15, 0.2) is 48.8 Å². The van der Waals surface area contributed by atoms with Crippen LogP contribution in [-0.4, -0.2) is 48.6 Å². The molecule has 3 aromatic rings. The Hall–Kier alpha value is -3.05. The monoisotopic (exact) mass is 504 g/mol. The number of halogens is 4. The van der Waals surface area contributed by atoms with Gasteiger partial charge >= 0.3 is 0 Å². The Morgan fingerprint density at radius 1 is 1.03 bits per heavy atom. The zero-order valence-electron chi connectivity index (χ0n) is 19.2. The van der Waals surface area contributed by atoms with Crippen LogP contribution in [0, 0.1) is 17.0 Å². The van der Waals surface area contributed by atoms with Crippen LogP contribution in [0.2, 0.25) is 0 Å². The van der Waals surface area contributed by atoms with Crippen LogP contribution >= 0.6 is 0 Å². The zero-order chi connectivity index (χ0) is 25.4. The number of ether oxygens (including phenoxy) is 1. The fraction of sp³-hybridized carbons (Fsp3) is 0.480. The molecule has 7 rings (SSSR count). The van der Waals surface area contributed by atoms with Gasteiger partial charge in [-0.2, -0.15) is 0 Å². The van der Waals surface area contributed by atoms with Crippen molar-refractivity contribution in [1.29, 1.82) is 0 Å². The first kappa shape index (κ1) is 23.4. The molecule has 190 valence electrons. The molecule has 0 saturated heterocycles. The summed E-state index contributed by atoms with van der Waals surface area (Å²) in [4.78, 5) is 0. The predicted molar refractivity (Wildman–Crippen MR) is 117 cm³/mol.